The normalized spacial score (nSPS) is 15.1. The molecular weight excluding hydrogens is 316 g/mol. The number of rotatable bonds is 5. The first-order chi connectivity index (χ1) is 10.6. The Morgan fingerprint density at radius 3 is 2.43 bits per heavy atom. The van der Waals surface area contributed by atoms with Crippen LogP contribution in [0.3, 0.4) is 0 Å². The van der Waals surface area contributed by atoms with E-state index < -0.39 is 10.1 Å². The van der Waals surface area contributed by atoms with Crippen molar-refractivity contribution in [2.24, 2.45) is 0 Å². The number of amides is 2. The van der Waals surface area contributed by atoms with E-state index in [0.29, 0.717) is 12.1 Å². The van der Waals surface area contributed by atoms with Crippen LogP contribution < -0.4 is 9.50 Å². The van der Waals surface area contributed by atoms with Crippen molar-refractivity contribution in [1.29, 1.82) is 0 Å². The summed E-state index contributed by atoms with van der Waals surface area (Å²) >= 11 is 0. The number of nitrogens with one attached hydrogen (secondary N) is 1. The van der Waals surface area contributed by atoms with Gasteiger partial charge in [0.1, 0.15) is 5.75 Å². The zero-order chi connectivity index (χ0) is 17.3. The molecule has 1 aliphatic rings. The molecule has 0 bridgehead atoms. The molecule has 1 fully saturated rings. The fourth-order valence-corrected chi connectivity index (χ4v) is 2.70. The summed E-state index contributed by atoms with van der Waals surface area (Å²) in [6.07, 6.45) is 2.94. The van der Waals surface area contributed by atoms with Gasteiger partial charge < -0.3 is 14.4 Å². The average molecular weight is 340 g/mol. The Balaban J connectivity index is 2.19. The van der Waals surface area contributed by atoms with Gasteiger partial charge in [-0.3, -0.25) is 0 Å². The van der Waals surface area contributed by atoms with E-state index in [2.05, 4.69) is 5.32 Å². The Kier molecular flexibility index (Phi) is 4.89. The Bertz CT molecular complexity index is 676. The van der Waals surface area contributed by atoms with Gasteiger partial charge in [-0.05, 0) is 39.7 Å². The molecule has 1 saturated carbocycles. The molecule has 128 valence electrons. The molecule has 0 spiro atoms. The first kappa shape index (κ1) is 17.6. The summed E-state index contributed by atoms with van der Waals surface area (Å²) < 4.78 is 27.8. The Hall–Kier alpha value is -1.76. The molecule has 1 aromatic carbocycles. The highest BCUT2D eigenvalue weighted by Crippen LogP contribution is 2.31. The van der Waals surface area contributed by atoms with Crippen LogP contribution in [0.25, 0.3) is 0 Å². The minimum atomic E-state index is -3.61. The van der Waals surface area contributed by atoms with E-state index in [9.17, 15) is 13.2 Å². The van der Waals surface area contributed by atoms with Gasteiger partial charge in [0.2, 0.25) is 0 Å². The van der Waals surface area contributed by atoms with Crippen molar-refractivity contribution in [1.82, 2.24) is 10.2 Å². The lowest BCUT2D eigenvalue weighted by Crippen LogP contribution is -2.49. The van der Waals surface area contributed by atoms with Gasteiger partial charge in [-0.1, -0.05) is 18.2 Å². The average Bonchev–Trinajstić information content (AvgIpc) is 3.17. The largest absolute Gasteiger partial charge is 0.382 e. The lowest BCUT2D eigenvalue weighted by Gasteiger charge is -2.29. The second-order valence-electron chi connectivity index (χ2n) is 6.93. The van der Waals surface area contributed by atoms with E-state index in [-0.39, 0.29) is 23.4 Å². The third-order valence-electron chi connectivity index (χ3n) is 3.28. The molecule has 0 radical (unpaired) electrons. The van der Waals surface area contributed by atoms with Crippen LogP contribution in [0, 0.1) is 0 Å². The van der Waals surface area contributed by atoms with Gasteiger partial charge in [0.15, 0.2) is 0 Å². The van der Waals surface area contributed by atoms with Crippen molar-refractivity contribution in [3.8, 4) is 5.75 Å². The van der Waals surface area contributed by atoms with Crippen molar-refractivity contribution in [3.63, 3.8) is 0 Å². The minimum Gasteiger partial charge on any atom is -0.382 e. The molecule has 0 heterocycles. The quantitative estimate of drug-likeness (QED) is 0.836. The number of benzene rings is 1. The molecule has 7 heteroatoms. The lowest BCUT2D eigenvalue weighted by molar-refractivity contribution is 0.182. The fraction of sp³-hybridized carbons (Fsp3) is 0.562. The molecule has 23 heavy (non-hydrogen) atoms. The molecule has 0 aliphatic heterocycles. The second kappa shape index (κ2) is 6.39. The summed E-state index contributed by atoms with van der Waals surface area (Å²) in [5, 5.41) is 2.96. The molecule has 2 rings (SSSR count). The van der Waals surface area contributed by atoms with E-state index in [0.717, 1.165) is 19.1 Å². The van der Waals surface area contributed by atoms with Crippen LogP contribution in [0.15, 0.2) is 24.3 Å². The number of carbonyl (C=O) groups excluding carboxylic acids is 1. The molecule has 1 N–H and O–H groups in total. The molecular formula is C16H24N2O4S. The Labute approximate surface area is 137 Å². The van der Waals surface area contributed by atoms with Crippen LogP contribution in [0.2, 0.25) is 0 Å². The Morgan fingerprint density at radius 1 is 1.30 bits per heavy atom. The van der Waals surface area contributed by atoms with Gasteiger partial charge in [-0.15, -0.1) is 0 Å². The van der Waals surface area contributed by atoms with Crippen molar-refractivity contribution < 1.29 is 17.4 Å². The predicted molar refractivity (Wildman–Crippen MR) is 88.8 cm³/mol. The van der Waals surface area contributed by atoms with Gasteiger partial charge >= 0.3 is 16.1 Å². The maximum Gasteiger partial charge on any atom is 0.318 e. The van der Waals surface area contributed by atoms with Crippen LogP contribution >= 0.6 is 0 Å². The van der Waals surface area contributed by atoms with Crippen molar-refractivity contribution >= 4 is 16.1 Å². The highest BCUT2D eigenvalue weighted by atomic mass is 32.2. The summed E-state index contributed by atoms with van der Waals surface area (Å²) in [5.41, 5.74) is 0.349. The van der Waals surface area contributed by atoms with Crippen molar-refractivity contribution in [2.45, 2.75) is 51.7 Å². The van der Waals surface area contributed by atoms with Gasteiger partial charge in [-0.2, -0.15) is 8.42 Å². The van der Waals surface area contributed by atoms with E-state index in [4.69, 9.17) is 4.18 Å². The highest BCUT2D eigenvalue weighted by Gasteiger charge is 2.34. The Morgan fingerprint density at radius 2 is 1.91 bits per heavy atom. The number of hydrogen-bond donors (Lipinski definition) is 1. The van der Waals surface area contributed by atoms with Crippen LogP contribution in [0.1, 0.15) is 39.2 Å². The molecule has 0 unspecified atom stereocenters. The lowest BCUT2D eigenvalue weighted by atomic mass is 10.1. The molecule has 1 aromatic rings. The number of hydrogen-bond acceptors (Lipinski definition) is 4. The molecule has 0 aromatic heterocycles. The van der Waals surface area contributed by atoms with Gasteiger partial charge in [0.25, 0.3) is 0 Å². The van der Waals surface area contributed by atoms with E-state index in [1.165, 1.54) is 0 Å². The number of para-hydroxylation sites is 1. The van der Waals surface area contributed by atoms with Crippen LogP contribution in [0.4, 0.5) is 4.79 Å². The summed E-state index contributed by atoms with van der Waals surface area (Å²) in [6, 6.07) is 6.94. The number of carbonyl (C=O) groups is 1. The summed E-state index contributed by atoms with van der Waals surface area (Å²) in [4.78, 5) is 14.2. The van der Waals surface area contributed by atoms with Crippen molar-refractivity contribution in [3.05, 3.63) is 29.8 Å². The fourth-order valence-electron chi connectivity index (χ4n) is 2.21. The number of urea groups is 1. The maximum atomic E-state index is 12.5. The first-order valence-electron chi connectivity index (χ1n) is 7.61. The first-order valence-corrected chi connectivity index (χ1v) is 9.43. The SMILES string of the molecule is CC(C)(C)NC(=O)N(Cc1ccccc1OS(C)(=O)=O)C1CC1. The van der Waals surface area contributed by atoms with Gasteiger partial charge in [-0.25, -0.2) is 4.79 Å². The van der Waals surface area contributed by atoms with Crippen LogP contribution in [0.5, 0.6) is 5.75 Å². The third-order valence-corrected chi connectivity index (χ3v) is 3.77. The molecule has 1 aliphatic carbocycles. The summed E-state index contributed by atoms with van der Waals surface area (Å²) in [6.45, 7) is 6.10. The summed E-state index contributed by atoms with van der Waals surface area (Å²) in [5.74, 6) is 0.268. The standard InChI is InChI=1S/C16H24N2O4S/c1-16(2,3)17-15(19)18(13-9-10-13)11-12-7-5-6-8-14(12)22-23(4,20)21/h5-8,13H,9-11H2,1-4H3,(H,17,19). The van der Waals surface area contributed by atoms with Crippen LogP contribution in [-0.2, 0) is 16.7 Å². The molecule has 0 atom stereocenters. The topological polar surface area (TPSA) is 75.7 Å². The molecule has 0 saturated heterocycles. The highest BCUT2D eigenvalue weighted by molar-refractivity contribution is 7.86. The van der Waals surface area contributed by atoms with Crippen molar-refractivity contribution in [2.75, 3.05) is 6.26 Å². The number of nitrogens with zero attached hydrogens (tertiary/aromatic N) is 1. The monoisotopic (exact) mass is 340 g/mol. The maximum absolute atomic E-state index is 12.5. The second-order valence-corrected chi connectivity index (χ2v) is 8.51. The van der Waals surface area contributed by atoms with E-state index >= 15 is 0 Å². The van der Waals surface area contributed by atoms with Gasteiger partial charge in [0, 0.05) is 17.1 Å². The van der Waals surface area contributed by atoms with E-state index in [1.807, 2.05) is 20.8 Å². The zero-order valence-corrected chi connectivity index (χ0v) is 14.8. The zero-order valence-electron chi connectivity index (χ0n) is 14.0. The van der Waals surface area contributed by atoms with Gasteiger partial charge in [0.05, 0.1) is 12.8 Å². The van der Waals surface area contributed by atoms with Crippen LogP contribution in [-0.4, -0.2) is 37.2 Å². The molecule has 6 nitrogen and oxygen atoms in total. The predicted octanol–water partition coefficient (Wildman–Crippen LogP) is 2.50. The summed E-state index contributed by atoms with van der Waals surface area (Å²) in [7, 11) is -3.61. The smallest absolute Gasteiger partial charge is 0.318 e. The van der Waals surface area contributed by atoms with E-state index in [1.54, 1.807) is 29.2 Å². The minimum absolute atomic E-state index is 0.144. The molecule has 2 amide bonds. The third kappa shape index (κ3) is 5.74.